The van der Waals surface area contributed by atoms with Crippen molar-refractivity contribution in [3.05, 3.63) is 47.3 Å². The van der Waals surface area contributed by atoms with Crippen LogP contribution in [0.15, 0.2) is 30.6 Å². The van der Waals surface area contributed by atoms with Gasteiger partial charge in [0.05, 0.1) is 24.0 Å². The third-order valence-electron chi connectivity index (χ3n) is 7.52. The first-order chi connectivity index (χ1) is 16.2. The van der Waals surface area contributed by atoms with Gasteiger partial charge >= 0.3 is 0 Å². The fourth-order valence-corrected chi connectivity index (χ4v) is 6.11. The van der Waals surface area contributed by atoms with Crippen LogP contribution in [0.2, 0.25) is 0 Å². The highest BCUT2D eigenvalue weighted by molar-refractivity contribution is 6.28. The largest absolute Gasteiger partial charge is 0.507 e. The number of rotatable bonds is 3. The van der Waals surface area contributed by atoms with Crippen LogP contribution in [0.1, 0.15) is 41.3 Å². The molecule has 0 bridgehead atoms. The summed E-state index contributed by atoms with van der Waals surface area (Å²) >= 11 is 0. The summed E-state index contributed by atoms with van der Waals surface area (Å²) in [6, 6.07) is 4.82. The minimum Gasteiger partial charge on any atom is -0.507 e. The fourth-order valence-electron chi connectivity index (χ4n) is 6.11. The highest BCUT2D eigenvalue weighted by Crippen LogP contribution is 2.49. The van der Waals surface area contributed by atoms with E-state index in [1.165, 1.54) is 19.2 Å². The topological polar surface area (TPSA) is 139 Å². The van der Waals surface area contributed by atoms with E-state index >= 15 is 0 Å². The molecule has 5 atom stereocenters. The lowest BCUT2D eigenvalue weighted by Gasteiger charge is -2.44. The van der Waals surface area contributed by atoms with Crippen molar-refractivity contribution < 1.29 is 34.2 Å². The van der Waals surface area contributed by atoms with Crippen molar-refractivity contribution in [2.45, 2.75) is 32.8 Å². The summed E-state index contributed by atoms with van der Waals surface area (Å²) in [4.78, 5) is 68.5. The predicted octanol–water partition coefficient (Wildman–Crippen LogP) is 1.87. The molecule has 8 nitrogen and oxygen atoms in total. The molecule has 3 aliphatic carbocycles. The number of carbonyl (C=O) groups excluding carboxylic acids is 5. The Morgan fingerprint density at radius 1 is 1.03 bits per heavy atom. The van der Waals surface area contributed by atoms with Crippen LogP contribution in [-0.4, -0.2) is 44.1 Å². The lowest BCUT2D eigenvalue weighted by Crippen LogP contribution is -2.55. The van der Waals surface area contributed by atoms with Crippen molar-refractivity contribution in [2.75, 3.05) is 0 Å². The third-order valence-corrected chi connectivity index (χ3v) is 7.52. The van der Waals surface area contributed by atoms with Crippen molar-refractivity contribution in [3.8, 4) is 16.9 Å². The molecule has 8 heteroatoms. The van der Waals surface area contributed by atoms with Crippen molar-refractivity contribution in [2.24, 2.45) is 29.6 Å². The zero-order valence-electron chi connectivity index (χ0n) is 18.5. The first-order valence-corrected chi connectivity index (χ1v) is 11.3. The summed E-state index contributed by atoms with van der Waals surface area (Å²) in [6.45, 7) is 0.963. The summed E-state index contributed by atoms with van der Waals surface area (Å²) < 4.78 is 0. The Bertz CT molecular complexity index is 1280. The molecule has 2 fully saturated rings. The van der Waals surface area contributed by atoms with E-state index in [2.05, 4.69) is 4.98 Å². The van der Waals surface area contributed by atoms with E-state index in [0.29, 0.717) is 35.1 Å². The van der Waals surface area contributed by atoms with Gasteiger partial charge in [-0.25, -0.2) is 0 Å². The second-order valence-electron chi connectivity index (χ2n) is 9.52. The van der Waals surface area contributed by atoms with Crippen LogP contribution in [0.3, 0.4) is 0 Å². The highest BCUT2D eigenvalue weighted by Gasteiger charge is 2.57. The van der Waals surface area contributed by atoms with Crippen molar-refractivity contribution in [3.63, 3.8) is 0 Å². The van der Waals surface area contributed by atoms with E-state index in [-0.39, 0.29) is 24.3 Å². The summed E-state index contributed by atoms with van der Waals surface area (Å²) in [5, 5.41) is 20.0. The zero-order valence-corrected chi connectivity index (χ0v) is 18.5. The van der Waals surface area contributed by atoms with Gasteiger partial charge in [0.2, 0.25) is 0 Å². The number of fused-ring (bicyclic) bond motifs is 3. The fraction of sp³-hybridized carbons (Fsp3) is 0.385. The predicted molar refractivity (Wildman–Crippen MR) is 118 cm³/mol. The molecule has 3 aliphatic rings. The number of Topliss-reactive ketones (excluding diaryl/α,β-unsaturated/α-hetero) is 5. The molecule has 1 aromatic heterocycles. The van der Waals surface area contributed by atoms with Gasteiger partial charge < -0.3 is 10.2 Å². The van der Waals surface area contributed by atoms with Crippen LogP contribution in [0.5, 0.6) is 5.75 Å². The molecule has 174 valence electrons. The zero-order chi connectivity index (χ0) is 24.3. The number of pyridine rings is 1. The molecular weight excluding hydrogens is 438 g/mol. The van der Waals surface area contributed by atoms with Gasteiger partial charge in [0.15, 0.2) is 23.1 Å². The van der Waals surface area contributed by atoms with E-state index in [4.69, 9.17) is 0 Å². The quantitative estimate of drug-likeness (QED) is 0.661. The first kappa shape index (κ1) is 22.3. The average molecular weight is 461 g/mol. The monoisotopic (exact) mass is 461 g/mol. The molecule has 2 saturated carbocycles. The first-order valence-electron chi connectivity index (χ1n) is 11.3. The van der Waals surface area contributed by atoms with Crippen molar-refractivity contribution >= 4 is 28.9 Å². The molecule has 5 unspecified atom stereocenters. The molecule has 1 aromatic carbocycles. The van der Waals surface area contributed by atoms with E-state index in [1.54, 1.807) is 18.3 Å². The van der Waals surface area contributed by atoms with Gasteiger partial charge in [-0.1, -0.05) is 6.07 Å². The van der Waals surface area contributed by atoms with Crippen LogP contribution in [0.25, 0.3) is 11.1 Å². The van der Waals surface area contributed by atoms with Gasteiger partial charge in [0.25, 0.3) is 0 Å². The Balaban J connectivity index is 1.58. The Morgan fingerprint density at radius 2 is 1.76 bits per heavy atom. The molecule has 0 aliphatic heterocycles. The van der Waals surface area contributed by atoms with Gasteiger partial charge in [-0.2, -0.15) is 0 Å². The number of hydrogen-bond donors (Lipinski definition) is 2. The maximum atomic E-state index is 13.6. The van der Waals surface area contributed by atoms with Gasteiger partial charge in [-0.3, -0.25) is 29.0 Å². The highest BCUT2D eigenvalue weighted by atomic mass is 16.3. The molecular formula is C26H23NO7. The van der Waals surface area contributed by atoms with Crippen LogP contribution >= 0.6 is 0 Å². The number of nitrogens with zero attached hydrogens (tertiary/aromatic N) is 1. The summed E-state index contributed by atoms with van der Waals surface area (Å²) in [5.74, 6) is -7.68. The number of aliphatic hydroxyl groups excluding tert-OH is 1. The van der Waals surface area contributed by atoms with Gasteiger partial charge in [-0.05, 0) is 60.4 Å². The number of ketones is 5. The second-order valence-corrected chi connectivity index (χ2v) is 9.52. The van der Waals surface area contributed by atoms with Crippen LogP contribution < -0.4 is 0 Å². The summed E-state index contributed by atoms with van der Waals surface area (Å²) in [7, 11) is 0. The molecule has 2 N–H and O–H groups in total. The number of carbonyl (C=O) groups is 5. The van der Waals surface area contributed by atoms with E-state index in [9.17, 15) is 34.2 Å². The van der Waals surface area contributed by atoms with Gasteiger partial charge in [-0.15, -0.1) is 0 Å². The average Bonchev–Trinajstić information content (AvgIpc) is 2.78. The van der Waals surface area contributed by atoms with E-state index < -0.39 is 58.5 Å². The molecule has 1 heterocycles. The smallest absolute Gasteiger partial charge is 0.177 e. The second kappa shape index (κ2) is 8.06. The van der Waals surface area contributed by atoms with Crippen LogP contribution in [0.4, 0.5) is 0 Å². The number of benzene rings is 1. The SMILES string of the molecule is CC(=O)C1C(=O)CC2CC3Cc4c(-c5cncc(CO)c5)ccc(O)c4C(=O)C3C(=O)C2C1=O. The Labute approximate surface area is 195 Å². The van der Waals surface area contributed by atoms with Gasteiger partial charge in [0, 0.05) is 24.4 Å². The van der Waals surface area contributed by atoms with Crippen LogP contribution in [-0.2, 0) is 32.2 Å². The molecule has 0 amide bonds. The lowest BCUT2D eigenvalue weighted by atomic mass is 9.55. The van der Waals surface area contributed by atoms with Gasteiger partial charge in [0.1, 0.15) is 17.5 Å². The molecule has 34 heavy (non-hydrogen) atoms. The number of hydrogen-bond acceptors (Lipinski definition) is 8. The minimum absolute atomic E-state index is 0.0357. The standard InChI is InChI=1S/C26H23NO7/c1-11(29)20-19(31)7-14-5-13-6-17-16(15-4-12(10-28)8-27-9-15)2-3-18(30)23(17)26(34)21(13)25(33)22(14)24(20)32/h2-4,8-9,13-14,20-22,28,30H,5-7,10H2,1H3. The van der Waals surface area contributed by atoms with Crippen molar-refractivity contribution in [1.29, 1.82) is 0 Å². The maximum absolute atomic E-state index is 13.6. The number of phenols is 1. The summed E-state index contributed by atoms with van der Waals surface area (Å²) in [5.41, 5.74) is 2.58. The Kier molecular flexibility index (Phi) is 5.28. The lowest BCUT2D eigenvalue weighted by molar-refractivity contribution is -0.152. The molecule has 5 rings (SSSR count). The number of aliphatic hydroxyl groups is 1. The van der Waals surface area contributed by atoms with Crippen LogP contribution in [0, 0.1) is 29.6 Å². The molecule has 0 saturated heterocycles. The molecule has 0 radical (unpaired) electrons. The van der Waals surface area contributed by atoms with Crippen molar-refractivity contribution in [1.82, 2.24) is 4.98 Å². The normalized spacial score (nSPS) is 28.2. The van der Waals surface area contributed by atoms with E-state index in [0.717, 1.165) is 0 Å². The molecule has 2 aromatic rings. The number of phenolic OH excluding ortho intramolecular Hbond substituents is 1. The van der Waals surface area contributed by atoms with E-state index in [1.807, 2.05) is 0 Å². The maximum Gasteiger partial charge on any atom is 0.177 e. The number of aromatic nitrogens is 1. The Morgan fingerprint density at radius 3 is 2.47 bits per heavy atom. The summed E-state index contributed by atoms with van der Waals surface area (Å²) in [6.07, 6.45) is 3.74. The Hall–Kier alpha value is -3.52. The minimum atomic E-state index is -1.43. The third kappa shape index (κ3) is 3.24. The molecule has 0 spiro atoms. The number of aromatic hydroxyl groups is 1.